The van der Waals surface area contributed by atoms with Gasteiger partial charge in [-0.25, -0.2) is 9.48 Å². The molecule has 0 saturated heterocycles. The molecule has 0 aliphatic heterocycles. The van der Waals surface area contributed by atoms with Crippen LogP contribution >= 0.6 is 0 Å². The van der Waals surface area contributed by atoms with Crippen molar-refractivity contribution in [1.29, 1.82) is 0 Å². The van der Waals surface area contributed by atoms with Gasteiger partial charge in [0.25, 0.3) is 0 Å². The highest BCUT2D eigenvalue weighted by Crippen LogP contribution is 2.15. The van der Waals surface area contributed by atoms with Crippen LogP contribution in [-0.4, -0.2) is 20.9 Å². The summed E-state index contributed by atoms with van der Waals surface area (Å²) < 4.78 is 1.55. The molecule has 0 aliphatic rings. The second kappa shape index (κ2) is 3.57. The third-order valence-corrected chi connectivity index (χ3v) is 2.13. The molecule has 0 atom stereocenters. The van der Waals surface area contributed by atoms with Crippen molar-refractivity contribution in [3.63, 3.8) is 0 Å². The molecule has 0 bridgehead atoms. The van der Waals surface area contributed by atoms with Crippen molar-refractivity contribution in [2.75, 3.05) is 0 Å². The Hall–Kier alpha value is -2.10. The van der Waals surface area contributed by atoms with Gasteiger partial charge in [-0.15, -0.1) is 0 Å². The molecule has 4 nitrogen and oxygen atoms in total. The van der Waals surface area contributed by atoms with Crippen LogP contribution in [0.4, 0.5) is 0 Å². The minimum absolute atomic E-state index is 0.254. The van der Waals surface area contributed by atoms with Gasteiger partial charge in [0.2, 0.25) is 0 Å². The second-order valence-corrected chi connectivity index (χ2v) is 3.28. The van der Waals surface area contributed by atoms with Gasteiger partial charge in [-0.2, -0.15) is 5.10 Å². The van der Waals surface area contributed by atoms with Gasteiger partial charge >= 0.3 is 5.97 Å². The summed E-state index contributed by atoms with van der Waals surface area (Å²) in [5.41, 5.74) is 1.85. The Bertz CT molecular complexity index is 489. The van der Waals surface area contributed by atoms with E-state index < -0.39 is 5.97 Å². The fraction of sp³-hybridized carbons (Fsp3) is 0.0909. The molecule has 0 saturated carbocycles. The first-order valence-corrected chi connectivity index (χ1v) is 4.52. The SMILES string of the molecule is Cc1ccc(C(=O)O)c(-n2cccn2)c1. The molecule has 0 radical (unpaired) electrons. The van der Waals surface area contributed by atoms with Gasteiger partial charge in [0.1, 0.15) is 0 Å². The van der Waals surface area contributed by atoms with Crippen LogP contribution in [0.15, 0.2) is 36.7 Å². The summed E-state index contributed by atoms with van der Waals surface area (Å²) in [7, 11) is 0. The van der Waals surface area contributed by atoms with Crippen molar-refractivity contribution in [1.82, 2.24) is 9.78 Å². The summed E-state index contributed by atoms with van der Waals surface area (Å²) in [6.07, 6.45) is 3.34. The molecule has 1 N–H and O–H groups in total. The first-order valence-electron chi connectivity index (χ1n) is 4.52. The summed E-state index contributed by atoms with van der Waals surface area (Å²) in [5.74, 6) is -0.944. The lowest BCUT2D eigenvalue weighted by molar-refractivity contribution is 0.0697. The Morgan fingerprint density at radius 3 is 2.87 bits per heavy atom. The zero-order valence-electron chi connectivity index (χ0n) is 8.21. The predicted octanol–water partition coefficient (Wildman–Crippen LogP) is 1.88. The van der Waals surface area contributed by atoms with Crippen molar-refractivity contribution in [2.24, 2.45) is 0 Å². The number of aromatic carboxylic acids is 1. The van der Waals surface area contributed by atoms with Crippen molar-refractivity contribution in [2.45, 2.75) is 6.92 Å². The average molecular weight is 202 g/mol. The first kappa shape index (κ1) is 9.45. The second-order valence-electron chi connectivity index (χ2n) is 3.28. The van der Waals surface area contributed by atoms with E-state index in [2.05, 4.69) is 5.10 Å². The van der Waals surface area contributed by atoms with E-state index in [0.29, 0.717) is 5.69 Å². The van der Waals surface area contributed by atoms with Crippen LogP contribution in [0.2, 0.25) is 0 Å². The number of carboxylic acid groups (broad SMARTS) is 1. The Morgan fingerprint density at radius 1 is 1.47 bits per heavy atom. The minimum atomic E-state index is -0.944. The summed E-state index contributed by atoms with van der Waals surface area (Å²) in [6.45, 7) is 1.92. The van der Waals surface area contributed by atoms with Gasteiger partial charge in [0.05, 0.1) is 11.3 Å². The van der Waals surface area contributed by atoms with E-state index >= 15 is 0 Å². The number of benzene rings is 1. The number of aromatic nitrogens is 2. The highest BCUT2D eigenvalue weighted by molar-refractivity contribution is 5.92. The molecule has 0 amide bonds. The van der Waals surface area contributed by atoms with E-state index in [1.807, 2.05) is 6.92 Å². The first-order chi connectivity index (χ1) is 7.18. The minimum Gasteiger partial charge on any atom is -0.478 e. The fourth-order valence-corrected chi connectivity index (χ4v) is 1.42. The zero-order chi connectivity index (χ0) is 10.8. The van der Waals surface area contributed by atoms with E-state index in [9.17, 15) is 4.79 Å². The molecule has 0 spiro atoms. The van der Waals surface area contributed by atoms with Crippen LogP contribution in [0.1, 0.15) is 15.9 Å². The van der Waals surface area contributed by atoms with Gasteiger partial charge in [-0.05, 0) is 30.7 Å². The lowest BCUT2D eigenvalue weighted by atomic mass is 10.1. The van der Waals surface area contributed by atoms with Crippen molar-refractivity contribution >= 4 is 5.97 Å². The molecule has 1 aromatic heterocycles. The number of hydrogen-bond acceptors (Lipinski definition) is 2. The molecule has 1 heterocycles. The van der Waals surface area contributed by atoms with E-state index in [1.165, 1.54) is 0 Å². The summed E-state index contributed by atoms with van der Waals surface area (Å²) in [4.78, 5) is 11.0. The highest BCUT2D eigenvalue weighted by Gasteiger charge is 2.11. The standard InChI is InChI=1S/C11H10N2O2/c1-8-3-4-9(11(14)15)10(7-8)13-6-2-5-12-13/h2-7H,1H3,(H,14,15). The lowest BCUT2D eigenvalue weighted by Crippen LogP contribution is -2.06. The van der Waals surface area contributed by atoms with Crippen LogP contribution in [0.3, 0.4) is 0 Å². The zero-order valence-corrected chi connectivity index (χ0v) is 8.21. The van der Waals surface area contributed by atoms with Crippen LogP contribution in [0, 0.1) is 6.92 Å². The number of aryl methyl sites for hydroxylation is 1. The summed E-state index contributed by atoms with van der Waals surface area (Å²) in [5, 5.41) is 13.0. The van der Waals surface area contributed by atoms with Gasteiger partial charge in [0.15, 0.2) is 0 Å². The molecular weight excluding hydrogens is 192 g/mol. The monoisotopic (exact) mass is 202 g/mol. The molecule has 2 aromatic rings. The molecule has 0 aliphatic carbocycles. The third-order valence-electron chi connectivity index (χ3n) is 2.13. The lowest BCUT2D eigenvalue weighted by Gasteiger charge is -2.06. The van der Waals surface area contributed by atoms with Crippen LogP contribution in [0.25, 0.3) is 5.69 Å². The maximum atomic E-state index is 11.0. The van der Waals surface area contributed by atoms with Gasteiger partial charge < -0.3 is 5.11 Å². The van der Waals surface area contributed by atoms with Gasteiger partial charge in [0, 0.05) is 12.4 Å². The largest absolute Gasteiger partial charge is 0.478 e. The van der Waals surface area contributed by atoms with Crippen LogP contribution < -0.4 is 0 Å². The van der Waals surface area contributed by atoms with Gasteiger partial charge in [-0.1, -0.05) is 6.07 Å². The average Bonchev–Trinajstić information content (AvgIpc) is 2.69. The van der Waals surface area contributed by atoms with E-state index in [-0.39, 0.29) is 5.56 Å². The van der Waals surface area contributed by atoms with Crippen molar-refractivity contribution in [3.05, 3.63) is 47.8 Å². The molecule has 4 heteroatoms. The quantitative estimate of drug-likeness (QED) is 0.808. The van der Waals surface area contributed by atoms with Crippen LogP contribution in [-0.2, 0) is 0 Å². The number of hydrogen-bond donors (Lipinski definition) is 1. The molecule has 2 rings (SSSR count). The number of carbonyl (C=O) groups is 1. The fourth-order valence-electron chi connectivity index (χ4n) is 1.42. The van der Waals surface area contributed by atoms with Crippen molar-refractivity contribution in [3.8, 4) is 5.69 Å². The Balaban J connectivity index is 2.63. The number of carboxylic acids is 1. The highest BCUT2D eigenvalue weighted by atomic mass is 16.4. The molecule has 76 valence electrons. The Morgan fingerprint density at radius 2 is 2.27 bits per heavy atom. The Labute approximate surface area is 86.8 Å². The van der Waals surface area contributed by atoms with Gasteiger partial charge in [-0.3, -0.25) is 0 Å². The van der Waals surface area contributed by atoms with E-state index in [4.69, 9.17) is 5.11 Å². The normalized spacial score (nSPS) is 10.2. The smallest absolute Gasteiger partial charge is 0.337 e. The Kier molecular flexibility index (Phi) is 2.25. The summed E-state index contributed by atoms with van der Waals surface area (Å²) >= 11 is 0. The molecule has 0 unspecified atom stereocenters. The van der Waals surface area contributed by atoms with E-state index in [0.717, 1.165) is 5.56 Å². The summed E-state index contributed by atoms with van der Waals surface area (Å²) in [6, 6.07) is 6.93. The molecular formula is C11H10N2O2. The maximum Gasteiger partial charge on any atom is 0.337 e. The molecule has 15 heavy (non-hydrogen) atoms. The topological polar surface area (TPSA) is 55.1 Å². The third kappa shape index (κ3) is 1.74. The van der Waals surface area contributed by atoms with Crippen LogP contribution in [0.5, 0.6) is 0 Å². The maximum absolute atomic E-state index is 11.0. The molecule has 0 fully saturated rings. The van der Waals surface area contributed by atoms with E-state index in [1.54, 1.807) is 41.3 Å². The molecule has 1 aromatic carbocycles. The predicted molar refractivity (Wildman–Crippen MR) is 55.3 cm³/mol. The van der Waals surface area contributed by atoms with Crippen molar-refractivity contribution < 1.29 is 9.90 Å². The number of nitrogens with zero attached hydrogens (tertiary/aromatic N) is 2. The number of rotatable bonds is 2.